The third kappa shape index (κ3) is 3.18. The lowest BCUT2D eigenvalue weighted by Gasteiger charge is -2.45. The molecular formula is C18H26N2OS. The Balaban J connectivity index is 1.72. The SMILES string of the molecule is CC(C(=O)N1CCSC2CCCCC21)C(N)c1ccccc1. The molecule has 0 bridgehead atoms. The van der Waals surface area contributed by atoms with Gasteiger partial charge in [-0.25, -0.2) is 0 Å². The van der Waals surface area contributed by atoms with E-state index in [1.54, 1.807) is 0 Å². The predicted octanol–water partition coefficient (Wildman–Crippen LogP) is 3.21. The van der Waals surface area contributed by atoms with E-state index in [2.05, 4.69) is 16.7 Å². The molecule has 3 nitrogen and oxygen atoms in total. The molecule has 2 fully saturated rings. The topological polar surface area (TPSA) is 46.3 Å². The van der Waals surface area contributed by atoms with Gasteiger partial charge in [-0.2, -0.15) is 11.8 Å². The summed E-state index contributed by atoms with van der Waals surface area (Å²) in [5.74, 6) is 1.15. The van der Waals surface area contributed by atoms with Gasteiger partial charge in [0.05, 0.1) is 5.92 Å². The van der Waals surface area contributed by atoms with Crippen LogP contribution in [0.25, 0.3) is 0 Å². The summed E-state index contributed by atoms with van der Waals surface area (Å²) in [6.45, 7) is 2.87. The molecule has 2 aliphatic rings. The van der Waals surface area contributed by atoms with Crippen LogP contribution in [0.5, 0.6) is 0 Å². The predicted molar refractivity (Wildman–Crippen MR) is 92.7 cm³/mol. The third-order valence-electron chi connectivity index (χ3n) is 5.13. The fraction of sp³-hybridized carbons (Fsp3) is 0.611. The number of carbonyl (C=O) groups excluding carboxylic acids is 1. The van der Waals surface area contributed by atoms with Crippen molar-refractivity contribution in [2.24, 2.45) is 11.7 Å². The van der Waals surface area contributed by atoms with Crippen LogP contribution in [0.1, 0.15) is 44.2 Å². The van der Waals surface area contributed by atoms with Crippen LogP contribution in [0.3, 0.4) is 0 Å². The summed E-state index contributed by atoms with van der Waals surface area (Å²) in [4.78, 5) is 15.2. The number of rotatable bonds is 3. The average Bonchev–Trinajstić information content (AvgIpc) is 2.60. The van der Waals surface area contributed by atoms with Crippen molar-refractivity contribution in [1.29, 1.82) is 0 Å². The maximum Gasteiger partial charge on any atom is 0.227 e. The Morgan fingerprint density at radius 2 is 2.00 bits per heavy atom. The normalized spacial score (nSPS) is 27.8. The molecule has 2 N–H and O–H groups in total. The van der Waals surface area contributed by atoms with Crippen molar-refractivity contribution in [1.82, 2.24) is 4.90 Å². The standard InChI is InChI=1S/C18H26N2OS/c1-13(17(19)14-7-3-2-4-8-14)18(21)20-11-12-22-16-10-6-5-9-15(16)20/h2-4,7-8,13,15-17H,5-6,9-12,19H2,1H3. The highest BCUT2D eigenvalue weighted by Crippen LogP contribution is 2.36. The van der Waals surface area contributed by atoms with Crippen LogP contribution in [0, 0.1) is 5.92 Å². The highest BCUT2D eigenvalue weighted by Gasteiger charge is 2.38. The van der Waals surface area contributed by atoms with E-state index in [4.69, 9.17) is 5.73 Å². The third-order valence-corrected chi connectivity index (χ3v) is 6.52. The number of fused-ring (bicyclic) bond motifs is 1. The van der Waals surface area contributed by atoms with Crippen molar-refractivity contribution in [2.45, 2.75) is 49.9 Å². The van der Waals surface area contributed by atoms with Gasteiger partial charge in [0.1, 0.15) is 0 Å². The average molecular weight is 318 g/mol. The van der Waals surface area contributed by atoms with Crippen LogP contribution in [0.15, 0.2) is 30.3 Å². The van der Waals surface area contributed by atoms with Crippen LogP contribution < -0.4 is 5.73 Å². The smallest absolute Gasteiger partial charge is 0.227 e. The van der Waals surface area contributed by atoms with E-state index in [0.29, 0.717) is 11.3 Å². The first kappa shape index (κ1) is 15.9. The van der Waals surface area contributed by atoms with Crippen molar-refractivity contribution in [3.8, 4) is 0 Å². The summed E-state index contributed by atoms with van der Waals surface area (Å²) in [7, 11) is 0. The number of nitrogens with zero attached hydrogens (tertiary/aromatic N) is 1. The number of hydrogen-bond donors (Lipinski definition) is 1. The molecule has 1 aromatic rings. The second-order valence-electron chi connectivity index (χ2n) is 6.52. The second kappa shape index (κ2) is 7.05. The maximum absolute atomic E-state index is 13.0. The molecule has 1 aliphatic heterocycles. The summed E-state index contributed by atoms with van der Waals surface area (Å²) < 4.78 is 0. The van der Waals surface area contributed by atoms with Gasteiger partial charge in [-0.05, 0) is 18.4 Å². The first-order valence-corrected chi connectivity index (χ1v) is 9.46. The minimum Gasteiger partial charge on any atom is -0.337 e. The van der Waals surface area contributed by atoms with E-state index < -0.39 is 0 Å². The monoisotopic (exact) mass is 318 g/mol. The molecule has 4 atom stereocenters. The van der Waals surface area contributed by atoms with Gasteiger partial charge in [0.25, 0.3) is 0 Å². The minimum absolute atomic E-state index is 0.159. The lowest BCUT2D eigenvalue weighted by molar-refractivity contribution is -0.138. The molecule has 1 amide bonds. The molecule has 4 unspecified atom stereocenters. The van der Waals surface area contributed by atoms with E-state index in [1.165, 1.54) is 19.3 Å². The molecule has 1 aromatic carbocycles. The Bertz CT molecular complexity index is 505. The van der Waals surface area contributed by atoms with Crippen molar-refractivity contribution in [3.05, 3.63) is 35.9 Å². The van der Waals surface area contributed by atoms with Crippen LogP contribution >= 0.6 is 11.8 Å². The zero-order valence-corrected chi connectivity index (χ0v) is 14.1. The van der Waals surface area contributed by atoms with Crippen molar-refractivity contribution in [2.75, 3.05) is 12.3 Å². The number of hydrogen-bond acceptors (Lipinski definition) is 3. The summed E-state index contributed by atoms with van der Waals surface area (Å²) in [5.41, 5.74) is 7.41. The van der Waals surface area contributed by atoms with Gasteiger partial charge in [-0.15, -0.1) is 0 Å². The Hall–Kier alpha value is -1.00. The number of amides is 1. The molecular weight excluding hydrogens is 292 g/mol. The fourth-order valence-electron chi connectivity index (χ4n) is 3.75. The lowest BCUT2D eigenvalue weighted by atomic mass is 9.90. The van der Waals surface area contributed by atoms with Crippen LogP contribution in [0.4, 0.5) is 0 Å². The second-order valence-corrected chi connectivity index (χ2v) is 7.86. The number of thioether (sulfide) groups is 1. The van der Waals surface area contributed by atoms with Crippen molar-refractivity contribution >= 4 is 17.7 Å². The zero-order chi connectivity index (χ0) is 15.5. The summed E-state index contributed by atoms with van der Waals surface area (Å²) in [6.07, 6.45) is 4.99. The van der Waals surface area contributed by atoms with E-state index in [9.17, 15) is 4.79 Å². The molecule has 3 rings (SSSR count). The fourth-order valence-corrected chi connectivity index (χ4v) is 5.19. The van der Waals surface area contributed by atoms with Gasteiger partial charge in [-0.3, -0.25) is 4.79 Å². The van der Waals surface area contributed by atoms with E-state index >= 15 is 0 Å². The minimum atomic E-state index is -0.217. The largest absolute Gasteiger partial charge is 0.337 e. The Morgan fingerprint density at radius 1 is 1.27 bits per heavy atom. The van der Waals surface area contributed by atoms with Crippen LogP contribution in [-0.2, 0) is 4.79 Å². The van der Waals surface area contributed by atoms with E-state index in [0.717, 1.165) is 24.3 Å². The van der Waals surface area contributed by atoms with Gasteiger partial charge in [0.15, 0.2) is 0 Å². The van der Waals surface area contributed by atoms with E-state index in [-0.39, 0.29) is 17.9 Å². The molecule has 0 aromatic heterocycles. The van der Waals surface area contributed by atoms with Gasteiger partial charge in [0.2, 0.25) is 5.91 Å². The first-order valence-electron chi connectivity index (χ1n) is 8.41. The molecule has 1 saturated heterocycles. The molecule has 22 heavy (non-hydrogen) atoms. The van der Waals surface area contributed by atoms with E-state index in [1.807, 2.05) is 37.3 Å². The highest BCUT2D eigenvalue weighted by molar-refractivity contribution is 8.00. The molecule has 1 heterocycles. The number of nitrogens with two attached hydrogens (primary N) is 1. The maximum atomic E-state index is 13.0. The van der Waals surface area contributed by atoms with Crippen molar-refractivity contribution in [3.63, 3.8) is 0 Å². The van der Waals surface area contributed by atoms with Crippen molar-refractivity contribution < 1.29 is 4.79 Å². The Labute approximate surface area is 137 Å². The zero-order valence-electron chi connectivity index (χ0n) is 13.3. The Morgan fingerprint density at radius 3 is 2.77 bits per heavy atom. The van der Waals surface area contributed by atoms with Gasteiger partial charge >= 0.3 is 0 Å². The summed E-state index contributed by atoms with van der Waals surface area (Å²) in [6, 6.07) is 10.2. The molecule has 4 heteroatoms. The van der Waals surface area contributed by atoms with Gasteiger partial charge in [0, 0.05) is 29.6 Å². The lowest BCUT2D eigenvalue weighted by Crippen LogP contribution is -2.54. The molecule has 120 valence electrons. The highest BCUT2D eigenvalue weighted by atomic mass is 32.2. The van der Waals surface area contributed by atoms with Gasteiger partial charge in [-0.1, -0.05) is 50.1 Å². The van der Waals surface area contributed by atoms with Gasteiger partial charge < -0.3 is 10.6 Å². The molecule has 0 radical (unpaired) electrons. The molecule has 1 saturated carbocycles. The number of carbonyl (C=O) groups is 1. The van der Waals surface area contributed by atoms with Crippen LogP contribution in [0.2, 0.25) is 0 Å². The summed E-state index contributed by atoms with van der Waals surface area (Å²) >= 11 is 2.06. The summed E-state index contributed by atoms with van der Waals surface area (Å²) in [5, 5.41) is 0.645. The van der Waals surface area contributed by atoms with Crippen LogP contribution in [-0.4, -0.2) is 34.4 Å². The first-order chi connectivity index (χ1) is 10.7. The number of benzene rings is 1. The molecule has 1 aliphatic carbocycles. The Kier molecular flexibility index (Phi) is 5.09. The quantitative estimate of drug-likeness (QED) is 0.931. The molecule has 0 spiro atoms.